The van der Waals surface area contributed by atoms with Crippen LogP contribution in [-0.4, -0.2) is 48.9 Å². The topological polar surface area (TPSA) is 96.8 Å². The summed E-state index contributed by atoms with van der Waals surface area (Å²) in [6, 6.07) is 7.72. The molecular formula is C18H20N6O2. The van der Waals surface area contributed by atoms with Crippen molar-refractivity contribution in [3.05, 3.63) is 51.6 Å². The van der Waals surface area contributed by atoms with Crippen LogP contribution in [0.3, 0.4) is 0 Å². The van der Waals surface area contributed by atoms with Crippen molar-refractivity contribution < 1.29 is 4.79 Å². The first-order valence-electron chi connectivity index (χ1n) is 8.71. The molecule has 0 aliphatic carbocycles. The predicted octanol–water partition coefficient (Wildman–Crippen LogP) is 1.61. The van der Waals surface area contributed by atoms with Gasteiger partial charge in [0.1, 0.15) is 5.82 Å². The molecular weight excluding hydrogens is 332 g/mol. The van der Waals surface area contributed by atoms with Crippen molar-refractivity contribution >= 4 is 17.1 Å². The summed E-state index contributed by atoms with van der Waals surface area (Å²) >= 11 is 0. The van der Waals surface area contributed by atoms with E-state index in [1.165, 1.54) is 0 Å². The SMILES string of the molecule is Cc1nc2c(nnn2C2CCN(C(=O)c3ccccc3C)CC2)c(=O)[nH]1. The zero-order chi connectivity index (χ0) is 18.3. The van der Waals surface area contributed by atoms with E-state index < -0.39 is 0 Å². The minimum absolute atomic E-state index is 0.0652. The van der Waals surface area contributed by atoms with E-state index in [0.717, 1.165) is 24.0 Å². The number of piperidine rings is 1. The average Bonchev–Trinajstić information content (AvgIpc) is 3.06. The fourth-order valence-electron chi connectivity index (χ4n) is 3.49. The van der Waals surface area contributed by atoms with E-state index in [1.54, 1.807) is 11.6 Å². The Morgan fingerprint density at radius 1 is 1.19 bits per heavy atom. The first-order valence-corrected chi connectivity index (χ1v) is 8.71. The number of H-pyrrole nitrogens is 1. The maximum absolute atomic E-state index is 12.7. The number of aromatic amines is 1. The van der Waals surface area contributed by atoms with Gasteiger partial charge in [0, 0.05) is 18.7 Å². The van der Waals surface area contributed by atoms with Gasteiger partial charge in [-0.25, -0.2) is 9.67 Å². The normalized spacial score (nSPS) is 15.5. The fraction of sp³-hybridized carbons (Fsp3) is 0.389. The molecule has 0 atom stereocenters. The zero-order valence-electron chi connectivity index (χ0n) is 14.8. The van der Waals surface area contributed by atoms with Crippen molar-refractivity contribution in [3.8, 4) is 0 Å². The largest absolute Gasteiger partial charge is 0.338 e. The fourth-order valence-corrected chi connectivity index (χ4v) is 3.49. The molecule has 1 N–H and O–H groups in total. The van der Waals surface area contributed by atoms with Crippen LogP contribution in [0.5, 0.6) is 0 Å². The van der Waals surface area contributed by atoms with Crippen molar-refractivity contribution in [2.45, 2.75) is 32.7 Å². The Hall–Kier alpha value is -3.03. The lowest BCUT2D eigenvalue weighted by Gasteiger charge is -2.32. The lowest BCUT2D eigenvalue weighted by molar-refractivity contribution is 0.0690. The van der Waals surface area contributed by atoms with Gasteiger partial charge in [0.15, 0.2) is 11.2 Å². The third kappa shape index (κ3) is 2.77. The first kappa shape index (κ1) is 16.4. The summed E-state index contributed by atoms with van der Waals surface area (Å²) in [7, 11) is 0. The molecule has 8 heteroatoms. The van der Waals surface area contributed by atoms with E-state index in [9.17, 15) is 9.59 Å². The van der Waals surface area contributed by atoms with Gasteiger partial charge in [-0.2, -0.15) is 0 Å². The molecule has 1 amide bonds. The van der Waals surface area contributed by atoms with Crippen molar-refractivity contribution in [3.63, 3.8) is 0 Å². The van der Waals surface area contributed by atoms with E-state index in [4.69, 9.17) is 0 Å². The number of aromatic nitrogens is 5. The maximum atomic E-state index is 12.7. The molecule has 4 rings (SSSR count). The molecule has 0 spiro atoms. The van der Waals surface area contributed by atoms with Crippen LogP contribution >= 0.6 is 0 Å². The molecule has 26 heavy (non-hydrogen) atoms. The number of nitrogens with zero attached hydrogens (tertiary/aromatic N) is 5. The quantitative estimate of drug-likeness (QED) is 0.756. The van der Waals surface area contributed by atoms with Gasteiger partial charge >= 0.3 is 0 Å². The second kappa shape index (κ2) is 6.36. The number of aryl methyl sites for hydroxylation is 2. The highest BCUT2D eigenvalue weighted by molar-refractivity contribution is 5.95. The summed E-state index contributed by atoms with van der Waals surface area (Å²) in [5, 5.41) is 8.12. The van der Waals surface area contributed by atoms with Gasteiger partial charge < -0.3 is 9.88 Å². The van der Waals surface area contributed by atoms with E-state index in [-0.39, 0.29) is 23.0 Å². The van der Waals surface area contributed by atoms with E-state index in [0.29, 0.717) is 24.6 Å². The average molecular weight is 352 g/mol. The number of nitrogens with one attached hydrogen (secondary N) is 1. The van der Waals surface area contributed by atoms with E-state index in [2.05, 4.69) is 20.3 Å². The van der Waals surface area contributed by atoms with Crippen molar-refractivity contribution in [2.24, 2.45) is 0 Å². The second-order valence-electron chi connectivity index (χ2n) is 6.70. The summed E-state index contributed by atoms with van der Waals surface area (Å²) < 4.78 is 1.73. The van der Waals surface area contributed by atoms with Gasteiger partial charge in [-0.15, -0.1) is 5.10 Å². The van der Waals surface area contributed by atoms with Gasteiger partial charge in [-0.3, -0.25) is 9.59 Å². The minimum Gasteiger partial charge on any atom is -0.338 e. The van der Waals surface area contributed by atoms with Gasteiger partial charge in [0.05, 0.1) is 6.04 Å². The van der Waals surface area contributed by atoms with Crippen molar-refractivity contribution in [1.82, 2.24) is 29.9 Å². The highest BCUT2D eigenvalue weighted by Crippen LogP contribution is 2.25. The van der Waals surface area contributed by atoms with Gasteiger partial charge in [0.25, 0.3) is 11.5 Å². The molecule has 134 valence electrons. The van der Waals surface area contributed by atoms with Crippen LogP contribution in [0.25, 0.3) is 11.2 Å². The number of hydrogen-bond donors (Lipinski definition) is 1. The molecule has 3 aromatic rings. The van der Waals surface area contributed by atoms with Crippen LogP contribution in [0.1, 0.15) is 40.6 Å². The summed E-state index contributed by atoms with van der Waals surface area (Å²) in [5.74, 6) is 0.605. The molecule has 1 aliphatic rings. The number of hydrogen-bond acceptors (Lipinski definition) is 5. The molecule has 2 aromatic heterocycles. The van der Waals surface area contributed by atoms with Crippen LogP contribution in [0, 0.1) is 13.8 Å². The van der Waals surface area contributed by atoms with Crippen LogP contribution in [0.4, 0.5) is 0 Å². The third-order valence-corrected chi connectivity index (χ3v) is 4.93. The molecule has 0 bridgehead atoms. The first-order chi connectivity index (χ1) is 12.5. The van der Waals surface area contributed by atoms with Gasteiger partial charge in [0.2, 0.25) is 0 Å². The highest BCUT2D eigenvalue weighted by atomic mass is 16.2. The van der Waals surface area contributed by atoms with Crippen LogP contribution in [0.15, 0.2) is 29.1 Å². The molecule has 0 radical (unpaired) electrons. The Balaban J connectivity index is 1.53. The smallest absolute Gasteiger partial charge is 0.281 e. The van der Waals surface area contributed by atoms with E-state index in [1.807, 2.05) is 36.1 Å². The van der Waals surface area contributed by atoms with Crippen molar-refractivity contribution in [2.75, 3.05) is 13.1 Å². The molecule has 0 unspecified atom stereocenters. The lowest BCUT2D eigenvalue weighted by atomic mass is 10.0. The summed E-state index contributed by atoms with van der Waals surface area (Å²) in [6.07, 6.45) is 1.51. The lowest BCUT2D eigenvalue weighted by Crippen LogP contribution is -2.39. The van der Waals surface area contributed by atoms with Crippen LogP contribution < -0.4 is 5.56 Å². The molecule has 0 saturated carbocycles. The standard InChI is InChI=1S/C18H20N6O2/c1-11-5-3-4-6-14(11)18(26)23-9-7-13(8-10-23)24-16-15(21-22-24)17(25)20-12(2)19-16/h3-6,13H,7-10H2,1-2H3,(H,19,20,25). The summed E-state index contributed by atoms with van der Waals surface area (Å²) in [6.45, 7) is 4.97. The molecule has 8 nitrogen and oxygen atoms in total. The third-order valence-electron chi connectivity index (χ3n) is 4.93. The predicted molar refractivity (Wildman–Crippen MR) is 96.0 cm³/mol. The Bertz CT molecular complexity index is 1030. The second-order valence-corrected chi connectivity index (χ2v) is 6.70. The maximum Gasteiger partial charge on any atom is 0.281 e. The number of benzene rings is 1. The Kier molecular flexibility index (Phi) is 4.02. The number of fused-ring (bicyclic) bond motifs is 1. The van der Waals surface area contributed by atoms with E-state index >= 15 is 0 Å². The number of amides is 1. The van der Waals surface area contributed by atoms with Gasteiger partial charge in [-0.1, -0.05) is 23.4 Å². The molecule has 1 aromatic carbocycles. The van der Waals surface area contributed by atoms with Crippen LogP contribution in [0.2, 0.25) is 0 Å². The molecule has 1 fully saturated rings. The molecule has 3 heterocycles. The highest BCUT2D eigenvalue weighted by Gasteiger charge is 2.27. The van der Waals surface area contributed by atoms with Gasteiger partial charge in [-0.05, 0) is 38.3 Å². The number of rotatable bonds is 2. The van der Waals surface area contributed by atoms with Crippen LogP contribution in [-0.2, 0) is 0 Å². The summed E-state index contributed by atoms with van der Waals surface area (Å²) in [4.78, 5) is 33.6. The Labute approximate surface area is 149 Å². The Morgan fingerprint density at radius 3 is 2.65 bits per heavy atom. The minimum atomic E-state index is -0.272. The molecule has 1 aliphatic heterocycles. The zero-order valence-corrected chi connectivity index (χ0v) is 14.8. The molecule has 1 saturated heterocycles. The van der Waals surface area contributed by atoms with Crippen molar-refractivity contribution in [1.29, 1.82) is 0 Å². The number of likely N-dealkylation sites (tertiary alicyclic amines) is 1. The monoisotopic (exact) mass is 352 g/mol. The summed E-state index contributed by atoms with van der Waals surface area (Å²) in [5.41, 5.74) is 2.23. The number of carbonyl (C=O) groups excluding carboxylic acids is 1. The number of carbonyl (C=O) groups is 1. The Morgan fingerprint density at radius 2 is 1.92 bits per heavy atom.